The van der Waals surface area contributed by atoms with Crippen LogP contribution in [-0.4, -0.2) is 36.8 Å². The minimum atomic E-state index is -4.74. The molecule has 1 atom stereocenters. The second-order valence-corrected chi connectivity index (χ2v) is 10.1. The number of rotatable bonds is 4. The Labute approximate surface area is 202 Å². The number of carbonyl (C=O) groups is 1. The van der Waals surface area contributed by atoms with E-state index in [1.54, 1.807) is 18.2 Å². The number of amides is 1. The van der Waals surface area contributed by atoms with E-state index in [4.69, 9.17) is 0 Å². The molecule has 2 saturated heterocycles. The molecule has 2 heterocycles. The van der Waals surface area contributed by atoms with Crippen molar-refractivity contribution in [3.8, 4) is 5.75 Å². The number of nitrogens with zero attached hydrogens (tertiary/aromatic N) is 1. The summed E-state index contributed by atoms with van der Waals surface area (Å²) in [6.45, 7) is 1.89. The van der Waals surface area contributed by atoms with Gasteiger partial charge in [-0.15, -0.1) is 13.2 Å². The van der Waals surface area contributed by atoms with Gasteiger partial charge in [0.2, 0.25) is 5.91 Å². The van der Waals surface area contributed by atoms with Crippen molar-refractivity contribution in [3.05, 3.63) is 65.5 Å². The van der Waals surface area contributed by atoms with E-state index in [1.807, 2.05) is 6.07 Å². The fourth-order valence-corrected chi connectivity index (χ4v) is 6.67. The van der Waals surface area contributed by atoms with Gasteiger partial charge in [-0.1, -0.05) is 43.5 Å². The maximum atomic E-state index is 13.5. The van der Waals surface area contributed by atoms with Crippen molar-refractivity contribution in [2.45, 2.75) is 62.8 Å². The van der Waals surface area contributed by atoms with E-state index < -0.39 is 11.8 Å². The van der Waals surface area contributed by atoms with Gasteiger partial charge < -0.3 is 10.1 Å². The lowest BCUT2D eigenvalue weighted by Crippen LogP contribution is -2.54. The summed E-state index contributed by atoms with van der Waals surface area (Å²) in [6.07, 6.45) is 1.42. The molecule has 8 heteroatoms. The number of ether oxygens (including phenoxy) is 1. The summed E-state index contributed by atoms with van der Waals surface area (Å²) in [5, 5.41) is 3.03. The van der Waals surface area contributed by atoms with E-state index in [2.05, 4.69) is 15.0 Å². The molecule has 0 bridgehead atoms. The first-order valence-corrected chi connectivity index (χ1v) is 12.4. The minimum Gasteiger partial charge on any atom is -0.406 e. The van der Waals surface area contributed by atoms with Gasteiger partial charge in [0.25, 0.3) is 0 Å². The SMILES string of the molecule is O=C1NCC(c2ccc(F)cc2)C12CCN(C1(c3cccc(OC(F)(F)F)c3)CCCCC1)CC2. The first-order chi connectivity index (χ1) is 16.7. The molecule has 1 saturated carbocycles. The monoisotopic (exact) mass is 490 g/mol. The Bertz CT molecular complexity index is 1060. The first-order valence-electron chi connectivity index (χ1n) is 12.4. The van der Waals surface area contributed by atoms with Crippen LogP contribution in [0.4, 0.5) is 17.6 Å². The Balaban J connectivity index is 1.41. The van der Waals surface area contributed by atoms with Crippen LogP contribution >= 0.6 is 0 Å². The van der Waals surface area contributed by atoms with Crippen LogP contribution in [0.1, 0.15) is 62.0 Å². The van der Waals surface area contributed by atoms with Crippen LogP contribution in [0.25, 0.3) is 0 Å². The van der Waals surface area contributed by atoms with Crippen LogP contribution in [0.5, 0.6) is 5.75 Å². The maximum absolute atomic E-state index is 13.5. The number of hydrogen-bond acceptors (Lipinski definition) is 3. The standard InChI is InChI=1S/C27H30F4N2O2/c28-21-9-7-19(8-10-21)23-18-32-24(34)25(23)13-15-33(16-14-25)26(11-2-1-3-12-26)20-5-4-6-22(17-20)35-27(29,30)31/h4-10,17,23H,1-3,11-16,18H2,(H,32,34). The minimum absolute atomic E-state index is 0.0245. The Morgan fingerprint density at radius 1 is 0.943 bits per heavy atom. The molecule has 4 nitrogen and oxygen atoms in total. The number of halogens is 4. The quantitative estimate of drug-likeness (QED) is 0.545. The highest BCUT2D eigenvalue weighted by atomic mass is 19.4. The molecule has 0 radical (unpaired) electrons. The number of piperidine rings is 1. The van der Waals surface area contributed by atoms with Gasteiger partial charge in [0.15, 0.2) is 0 Å². The summed E-state index contributed by atoms with van der Waals surface area (Å²) in [4.78, 5) is 15.5. The molecular weight excluding hydrogens is 460 g/mol. The number of carbonyl (C=O) groups excluding carboxylic acids is 1. The molecule has 1 spiro atoms. The van der Waals surface area contributed by atoms with Gasteiger partial charge in [-0.25, -0.2) is 4.39 Å². The second kappa shape index (κ2) is 9.12. The summed E-state index contributed by atoms with van der Waals surface area (Å²) in [5.41, 5.74) is 0.889. The highest BCUT2D eigenvalue weighted by Crippen LogP contribution is 2.51. The molecule has 2 aliphatic heterocycles. The number of hydrogen-bond donors (Lipinski definition) is 1. The molecule has 1 N–H and O–H groups in total. The zero-order valence-corrected chi connectivity index (χ0v) is 19.5. The summed E-state index contributed by atoms with van der Waals surface area (Å²) in [7, 11) is 0. The zero-order chi connectivity index (χ0) is 24.7. The summed E-state index contributed by atoms with van der Waals surface area (Å²) < 4.78 is 56.4. The molecule has 2 aromatic rings. The van der Waals surface area contributed by atoms with Crippen LogP contribution in [0.2, 0.25) is 0 Å². The largest absolute Gasteiger partial charge is 0.573 e. The van der Waals surface area contributed by atoms with Crippen molar-refractivity contribution in [1.82, 2.24) is 10.2 Å². The topological polar surface area (TPSA) is 41.6 Å². The van der Waals surface area contributed by atoms with Gasteiger partial charge in [-0.05, 0) is 61.1 Å². The Morgan fingerprint density at radius 3 is 2.29 bits per heavy atom. The summed E-state index contributed by atoms with van der Waals surface area (Å²) in [6, 6.07) is 12.8. The fraction of sp³-hybridized carbons (Fsp3) is 0.519. The molecule has 5 rings (SSSR count). The van der Waals surface area contributed by atoms with Crippen molar-refractivity contribution in [3.63, 3.8) is 0 Å². The van der Waals surface area contributed by atoms with Gasteiger partial charge in [-0.2, -0.15) is 0 Å². The maximum Gasteiger partial charge on any atom is 0.573 e. The molecule has 35 heavy (non-hydrogen) atoms. The lowest BCUT2D eigenvalue weighted by molar-refractivity contribution is -0.274. The average molecular weight is 491 g/mol. The van der Waals surface area contributed by atoms with Crippen LogP contribution in [0, 0.1) is 11.2 Å². The Kier molecular flexibility index (Phi) is 6.28. The van der Waals surface area contributed by atoms with E-state index >= 15 is 0 Å². The number of benzene rings is 2. The predicted molar refractivity (Wildman–Crippen MR) is 123 cm³/mol. The molecular formula is C27H30F4N2O2. The Hall–Kier alpha value is -2.61. The van der Waals surface area contributed by atoms with Crippen LogP contribution in [0.15, 0.2) is 48.5 Å². The van der Waals surface area contributed by atoms with E-state index in [0.29, 0.717) is 32.5 Å². The zero-order valence-electron chi connectivity index (χ0n) is 19.5. The van der Waals surface area contributed by atoms with Crippen molar-refractivity contribution in [2.75, 3.05) is 19.6 Å². The number of alkyl halides is 3. The van der Waals surface area contributed by atoms with Crippen LogP contribution in [-0.2, 0) is 10.3 Å². The smallest absolute Gasteiger partial charge is 0.406 e. The van der Waals surface area contributed by atoms with Crippen molar-refractivity contribution >= 4 is 5.91 Å². The van der Waals surface area contributed by atoms with Crippen LogP contribution in [0.3, 0.4) is 0 Å². The summed E-state index contributed by atoms with van der Waals surface area (Å²) in [5.74, 6) is -0.473. The molecule has 1 amide bonds. The molecule has 2 aromatic carbocycles. The average Bonchev–Trinajstić information content (AvgIpc) is 3.15. The van der Waals surface area contributed by atoms with Crippen molar-refractivity contribution in [2.24, 2.45) is 5.41 Å². The fourth-order valence-electron chi connectivity index (χ4n) is 6.67. The van der Waals surface area contributed by atoms with Crippen molar-refractivity contribution < 1.29 is 27.1 Å². The van der Waals surface area contributed by atoms with Gasteiger partial charge in [0.05, 0.1) is 5.41 Å². The first kappa shape index (κ1) is 24.1. The van der Waals surface area contributed by atoms with Gasteiger partial charge in [0, 0.05) is 31.1 Å². The van der Waals surface area contributed by atoms with Gasteiger partial charge in [-0.3, -0.25) is 9.69 Å². The normalized spacial score (nSPS) is 24.3. The molecule has 1 unspecified atom stereocenters. The van der Waals surface area contributed by atoms with Crippen molar-refractivity contribution in [1.29, 1.82) is 0 Å². The lowest BCUT2D eigenvalue weighted by atomic mass is 9.66. The predicted octanol–water partition coefficient (Wildman–Crippen LogP) is 5.88. The van der Waals surface area contributed by atoms with E-state index in [0.717, 1.165) is 43.2 Å². The molecule has 1 aliphatic carbocycles. The highest BCUT2D eigenvalue weighted by Gasteiger charge is 2.54. The third-order valence-corrected chi connectivity index (χ3v) is 8.41. The van der Waals surface area contributed by atoms with E-state index in [-0.39, 0.29) is 28.9 Å². The van der Waals surface area contributed by atoms with E-state index in [9.17, 15) is 22.4 Å². The third-order valence-electron chi connectivity index (χ3n) is 8.41. The van der Waals surface area contributed by atoms with Gasteiger partial charge >= 0.3 is 6.36 Å². The molecule has 188 valence electrons. The molecule has 3 fully saturated rings. The van der Waals surface area contributed by atoms with Crippen LogP contribution < -0.4 is 10.1 Å². The number of nitrogens with one attached hydrogen (secondary N) is 1. The molecule has 0 aromatic heterocycles. The number of likely N-dealkylation sites (tertiary alicyclic amines) is 1. The lowest BCUT2D eigenvalue weighted by Gasteiger charge is -2.52. The second-order valence-electron chi connectivity index (χ2n) is 10.1. The summed E-state index contributed by atoms with van der Waals surface area (Å²) >= 11 is 0. The van der Waals surface area contributed by atoms with Gasteiger partial charge in [0.1, 0.15) is 11.6 Å². The third kappa shape index (κ3) is 4.53. The molecule has 3 aliphatic rings. The highest BCUT2D eigenvalue weighted by molar-refractivity contribution is 5.86. The van der Waals surface area contributed by atoms with E-state index in [1.165, 1.54) is 24.3 Å². The Morgan fingerprint density at radius 2 is 1.63 bits per heavy atom.